The number of rotatable bonds is 4. The number of hydrogen-bond acceptors (Lipinski definition) is 3. The standard InChI is InChI=1S/C13H14ClFN2O2/c1-8(14)13-16-10-7-9(15)3-4-11(10)17(13)6-5-12(18)19-2/h3-4,7-8H,5-6H2,1-2H3. The Kier molecular flexibility index (Phi) is 4.04. The van der Waals surface area contributed by atoms with E-state index in [9.17, 15) is 9.18 Å². The minimum atomic E-state index is -0.348. The van der Waals surface area contributed by atoms with Crippen molar-refractivity contribution in [3.63, 3.8) is 0 Å². The van der Waals surface area contributed by atoms with E-state index in [1.807, 2.05) is 4.57 Å². The predicted octanol–water partition coefficient (Wildman–Crippen LogP) is 3.04. The van der Waals surface area contributed by atoms with E-state index in [0.29, 0.717) is 17.9 Å². The van der Waals surface area contributed by atoms with Crippen molar-refractivity contribution in [1.29, 1.82) is 0 Å². The molecule has 0 amide bonds. The predicted molar refractivity (Wildman–Crippen MR) is 70.6 cm³/mol. The van der Waals surface area contributed by atoms with Crippen molar-refractivity contribution in [2.45, 2.75) is 25.3 Å². The van der Waals surface area contributed by atoms with E-state index >= 15 is 0 Å². The van der Waals surface area contributed by atoms with Gasteiger partial charge in [-0.3, -0.25) is 4.79 Å². The van der Waals surface area contributed by atoms with Gasteiger partial charge in [-0.1, -0.05) is 0 Å². The highest BCUT2D eigenvalue weighted by atomic mass is 35.5. The van der Waals surface area contributed by atoms with Crippen molar-refractivity contribution in [3.05, 3.63) is 29.8 Å². The number of aromatic nitrogens is 2. The number of fused-ring (bicyclic) bond motifs is 1. The molecule has 1 heterocycles. The lowest BCUT2D eigenvalue weighted by Crippen LogP contribution is -2.10. The summed E-state index contributed by atoms with van der Waals surface area (Å²) in [6, 6.07) is 4.35. The van der Waals surface area contributed by atoms with Crippen LogP contribution in [0.4, 0.5) is 4.39 Å². The molecule has 2 rings (SSSR count). The summed E-state index contributed by atoms with van der Waals surface area (Å²) >= 11 is 6.08. The summed E-state index contributed by atoms with van der Waals surface area (Å²) in [7, 11) is 1.34. The van der Waals surface area contributed by atoms with E-state index in [1.165, 1.54) is 19.2 Å². The minimum Gasteiger partial charge on any atom is -0.469 e. The van der Waals surface area contributed by atoms with Crippen molar-refractivity contribution in [2.75, 3.05) is 7.11 Å². The lowest BCUT2D eigenvalue weighted by molar-refractivity contribution is -0.140. The number of benzene rings is 1. The van der Waals surface area contributed by atoms with Gasteiger partial charge in [-0.2, -0.15) is 0 Å². The number of halogens is 2. The number of ether oxygens (including phenoxy) is 1. The van der Waals surface area contributed by atoms with Crippen LogP contribution in [-0.4, -0.2) is 22.6 Å². The highest BCUT2D eigenvalue weighted by molar-refractivity contribution is 6.20. The first kappa shape index (κ1) is 13.8. The van der Waals surface area contributed by atoms with Gasteiger partial charge in [0, 0.05) is 12.6 Å². The fraction of sp³-hybridized carbons (Fsp3) is 0.385. The zero-order chi connectivity index (χ0) is 14.0. The summed E-state index contributed by atoms with van der Waals surface area (Å²) in [6.45, 7) is 2.19. The summed E-state index contributed by atoms with van der Waals surface area (Å²) in [5, 5.41) is -0.326. The van der Waals surface area contributed by atoms with Crippen molar-refractivity contribution in [1.82, 2.24) is 9.55 Å². The van der Waals surface area contributed by atoms with Crippen LogP contribution < -0.4 is 0 Å². The molecule has 0 saturated heterocycles. The highest BCUT2D eigenvalue weighted by Crippen LogP contribution is 2.25. The van der Waals surface area contributed by atoms with Crippen LogP contribution in [0, 0.1) is 5.82 Å². The highest BCUT2D eigenvalue weighted by Gasteiger charge is 2.16. The number of carbonyl (C=O) groups is 1. The normalized spacial score (nSPS) is 12.6. The van der Waals surface area contributed by atoms with Crippen LogP contribution in [0.25, 0.3) is 11.0 Å². The SMILES string of the molecule is COC(=O)CCn1c(C(C)Cl)nc2cc(F)ccc21. The third kappa shape index (κ3) is 2.87. The molecule has 0 radical (unpaired) electrons. The molecule has 1 atom stereocenters. The summed E-state index contributed by atoms with van der Waals surface area (Å²) < 4.78 is 19.6. The Balaban J connectivity index is 2.43. The smallest absolute Gasteiger partial charge is 0.307 e. The number of alkyl halides is 1. The van der Waals surface area contributed by atoms with Gasteiger partial charge in [0.05, 0.1) is 29.9 Å². The molecule has 1 aromatic carbocycles. The molecule has 0 spiro atoms. The Morgan fingerprint density at radius 1 is 1.58 bits per heavy atom. The zero-order valence-electron chi connectivity index (χ0n) is 10.7. The molecule has 0 fully saturated rings. The Labute approximate surface area is 115 Å². The summed E-state index contributed by atoms with van der Waals surface area (Å²) in [5.41, 5.74) is 1.29. The average Bonchev–Trinajstić information content (AvgIpc) is 2.73. The first-order valence-corrected chi connectivity index (χ1v) is 6.33. The van der Waals surface area contributed by atoms with Crippen molar-refractivity contribution < 1.29 is 13.9 Å². The topological polar surface area (TPSA) is 44.1 Å². The summed E-state index contributed by atoms with van der Waals surface area (Å²) in [4.78, 5) is 15.5. The largest absolute Gasteiger partial charge is 0.469 e. The van der Waals surface area contributed by atoms with E-state index in [0.717, 1.165) is 5.52 Å². The van der Waals surface area contributed by atoms with E-state index in [1.54, 1.807) is 13.0 Å². The summed E-state index contributed by atoms with van der Waals surface area (Å²) in [6.07, 6.45) is 0.218. The maximum atomic E-state index is 13.2. The Hall–Kier alpha value is -1.62. The molecular formula is C13H14ClFN2O2. The molecule has 1 aromatic heterocycles. The third-order valence-corrected chi connectivity index (χ3v) is 3.06. The van der Waals surface area contributed by atoms with Gasteiger partial charge in [0.15, 0.2) is 0 Å². The van der Waals surface area contributed by atoms with E-state index in [-0.39, 0.29) is 23.6 Å². The lowest BCUT2D eigenvalue weighted by atomic mass is 10.3. The second-order valence-electron chi connectivity index (χ2n) is 4.20. The first-order chi connectivity index (χ1) is 9.02. The van der Waals surface area contributed by atoms with Gasteiger partial charge in [-0.05, 0) is 19.1 Å². The van der Waals surface area contributed by atoms with Gasteiger partial charge in [0.2, 0.25) is 0 Å². The van der Waals surface area contributed by atoms with Gasteiger partial charge in [-0.15, -0.1) is 11.6 Å². The van der Waals surface area contributed by atoms with Crippen LogP contribution in [0.5, 0.6) is 0 Å². The number of carbonyl (C=O) groups excluding carboxylic acids is 1. The quantitative estimate of drug-likeness (QED) is 0.640. The van der Waals surface area contributed by atoms with Gasteiger partial charge in [-0.25, -0.2) is 9.37 Å². The van der Waals surface area contributed by atoms with Crippen LogP contribution >= 0.6 is 11.6 Å². The van der Waals surface area contributed by atoms with E-state index in [4.69, 9.17) is 11.6 Å². The maximum Gasteiger partial charge on any atom is 0.307 e. The minimum absolute atomic E-state index is 0.218. The second kappa shape index (κ2) is 5.57. The van der Waals surface area contributed by atoms with Gasteiger partial charge in [0.25, 0.3) is 0 Å². The Morgan fingerprint density at radius 3 is 2.95 bits per heavy atom. The molecule has 4 nitrogen and oxygen atoms in total. The van der Waals surface area contributed by atoms with Crippen molar-refractivity contribution in [2.24, 2.45) is 0 Å². The number of hydrogen-bond donors (Lipinski definition) is 0. The van der Waals surface area contributed by atoms with E-state index in [2.05, 4.69) is 9.72 Å². The molecule has 0 aliphatic heterocycles. The maximum absolute atomic E-state index is 13.2. The Bertz CT molecular complexity index is 610. The fourth-order valence-electron chi connectivity index (χ4n) is 1.97. The molecule has 1 unspecified atom stereocenters. The van der Waals surface area contributed by atoms with Gasteiger partial charge < -0.3 is 9.30 Å². The molecule has 0 aliphatic rings. The number of aryl methyl sites for hydroxylation is 1. The molecule has 102 valence electrons. The molecule has 6 heteroatoms. The van der Waals surface area contributed by atoms with Crippen molar-refractivity contribution >= 4 is 28.6 Å². The van der Waals surface area contributed by atoms with Gasteiger partial charge >= 0.3 is 5.97 Å². The molecule has 0 bridgehead atoms. The van der Waals surface area contributed by atoms with Crippen LogP contribution in [0.15, 0.2) is 18.2 Å². The van der Waals surface area contributed by atoms with Crippen LogP contribution in [0.2, 0.25) is 0 Å². The van der Waals surface area contributed by atoms with Crippen molar-refractivity contribution in [3.8, 4) is 0 Å². The average molecular weight is 285 g/mol. The second-order valence-corrected chi connectivity index (χ2v) is 4.85. The molecule has 19 heavy (non-hydrogen) atoms. The molecule has 2 aromatic rings. The van der Waals surface area contributed by atoms with Crippen LogP contribution in [0.1, 0.15) is 24.5 Å². The van der Waals surface area contributed by atoms with E-state index < -0.39 is 0 Å². The Morgan fingerprint density at radius 2 is 2.32 bits per heavy atom. The first-order valence-electron chi connectivity index (χ1n) is 5.89. The lowest BCUT2D eigenvalue weighted by Gasteiger charge is -2.09. The molecular weight excluding hydrogens is 271 g/mol. The third-order valence-electron chi connectivity index (χ3n) is 2.86. The zero-order valence-corrected chi connectivity index (χ0v) is 11.4. The molecule has 0 N–H and O–H groups in total. The molecule has 0 aliphatic carbocycles. The van der Waals surface area contributed by atoms with Crippen LogP contribution in [0.3, 0.4) is 0 Å². The number of nitrogens with zero attached hydrogens (tertiary/aromatic N) is 2. The van der Waals surface area contributed by atoms with Crippen LogP contribution in [-0.2, 0) is 16.1 Å². The number of esters is 1. The molecule has 0 saturated carbocycles. The van der Waals surface area contributed by atoms with Gasteiger partial charge in [0.1, 0.15) is 11.6 Å². The monoisotopic (exact) mass is 284 g/mol. The number of methoxy groups -OCH3 is 1. The number of imidazole rings is 1. The summed E-state index contributed by atoms with van der Waals surface area (Å²) in [5.74, 6) is -0.0396. The fourth-order valence-corrected chi connectivity index (χ4v) is 2.13.